The maximum absolute atomic E-state index is 13.0. The van der Waals surface area contributed by atoms with Gasteiger partial charge in [-0.05, 0) is 12.5 Å². The number of pyridine rings is 1. The fraction of sp³-hybridized carbons (Fsp3) is 0.462. The number of carbonyl (C=O) groups excluding carboxylic acids is 1. The van der Waals surface area contributed by atoms with Crippen molar-refractivity contribution in [2.45, 2.75) is 18.6 Å². The molecule has 0 radical (unpaired) electrons. The molecule has 0 spiro atoms. The molecule has 2 heterocycles. The van der Waals surface area contributed by atoms with Gasteiger partial charge in [-0.3, -0.25) is 9.78 Å². The number of amides is 1. The number of carboxylic acids is 1. The average Bonchev–Trinajstić information content (AvgIpc) is 2.46. The van der Waals surface area contributed by atoms with Gasteiger partial charge in [-0.15, -0.1) is 0 Å². The second-order valence-corrected chi connectivity index (χ2v) is 4.58. The Morgan fingerprint density at radius 1 is 1.52 bits per heavy atom. The number of ether oxygens (including phenoxy) is 2. The highest BCUT2D eigenvalue weighted by Gasteiger charge is 2.29. The van der Waals surface area contributed by atoms with Crippen LogP contribution in [0, 0.1) is 5.82 Å². The summed E-state index contributed by atoms with van der Waals surface area (Å²) in [5.41, 5.74) is 0.0811. The van der Waals surface area contributed by atoms with Crippen molar-refractivity contribution >= 4 is 11.9 Å². The lowest BCUT2D eigenvalue weighted by atomic mass is 10.1. The molecule has 1 aliphatic heterocycles. The lowest BCUT2D eigenvalue weighted by molar-refractivity contribution is -0.147. The number of halogens is 1. The van der Waals surface area contributed by atoms with E-state index >= 15 is 0 Å². The van der Waals surface area contributed by atoms with Crippen LogP contribution in [0.15, 0.2) is 18.5 Å². The Kier molecular flexibility index (Phi) is 5.18. The fourth-order valence-corrected chi connectivity index (χ4v) is 2.02. The van der Waals surface area contributed by atoms with Crippen LogP contribution in [0.3, 0.4) is 0 Å². The Hall–Kier alpha value is -2.06. The van der Waals surface area contributed by atoms with E-state index in [1.807, 2.05) is 0 Å². The van der Waals surface area contributed by atoms with Crippen LogP contribution in [-0.2, 0) is 14.3 Å². The lowest BCUT2D eigenvalue weighted by Gasteiger charge is -2.31. The van der Waals surface area contributed by atoms with E-state index in [1.54, 1.807) is 0 Å². The van der Waals surface area contributed by atoms with Crippen molar-refractivity contribution in [2.75, 3.05) is 19.8 Å². The van der Waals surface area contributed by atoms with Crippen LogP contribution in [-0.4, -0.2) is 53.9 Å². The molecule has 1 aliphatic rings. The third kappa shape index (κ3) is 4.47. The van der Waals surface area contributed by atoms with Gasteiger partial charge in [0.15, 0.2) is 0 Å². The highest BCUT2D eigenvalue weighted by molar-refractivity contribution is 5.94. The summed E-state index contributed by atoms with van der Waals surface area (Å²) in [6.45, 7) is 0.190. The first-order valence-electron chi connectivity index (χ1n) is 6.39. The van der Waals surface area contributed by atoms with E-state index in [0.717, 1.165) is 12.3 Å². The van der Waals surface area contributed by atoms with Crippen LogP contribution in [0.2, 0.25) is 0 Å². The third-order valence-corrected chi connectivity index (χ3v) is 3.00. The zero-order valence-corrected chi connectivity index (χ0v) is 11.1. The molecular formula is C13H15FN2O5. The summed E-state index contributed by atoms with van der Waals surface area (Å²) in [6, 6.07) is 0.577. The standard InChI is InChI=1S/C13H15FN2O5/c14-9-3-8(4-15-5-9)13(19)16-10-6-20-2-1-11(10)21-7-12(17)18/h3-5,10-11H,1-2,6-7H2,(H,16,19)(H,17,18)/t10-,11+/m1/s1. The zero-order chi connectivity index (χ0) is 15.2. The van der Waals surface area contributed by atoms with Gasteiger partial charge in [0.2, 0.25) is 0 Å². The molecule has 0 bridgehead atoms. The molecule has 2 N–H and O–H groups in total. The number of carboxylic acid groups (broad SMARTS) is 1. The lowest BCUT2D eigenvalue weighted by Crippen LogP contribution is -2.51. The molecule has 1 aromatic rings. The van der Waals surface area contributed by atoms with E-state index in [9.17, 15) is 14.0 Å². The summed E-state index contributed by atoms with van der Waals surface area (Å²) < 4.78 is 23.5. The Balaban J connectivity index is 1.98. The van der Waals surface area contributed by atoms with Crippen LogP contribution in [0.4, 0.5) is 4.39 Å². The van der Waals surface area contributed by atoms with Crippen molar-refractivity contribution in [3.63, 3.8) is 0 Å². The molecule has 1 saturated heterocycles. The molecule has 114 valence electrons. The van der Waals surface area contributed by atoms with Gasteiger partial charge in [-0.25, -0.2) is 9.18 Å². The fourth-order valence-electron chi connectivity index (χ4n) is 2.02. The summed E-state index contributed by atoms with van der Waals surface area (Å²) in [5.74, 6) is -2.21. The summed E-state index contributed by atoms with van der Waals surface area (Å²) in [5, 5.41) is 11.3. The van der Waals surface area contributed by atoms with Crippen LogP contribution in [0.25, 0.3) is 0 Å². The number of hydrogen-bond donors (Lipinski definition) is 2. The largest absolute Gasteiger partial charge is 0.480 e. The minimum atomic E-state index is -1.08. The monoisotopic (exact) mass is 298 g/mol. The predicted molar refractivity (Wildman–Crippen MR) is 68.3 cm³/mol. The molecule has 1 aromatic heterocycles. The van der Waals surface area contributed by atoms with E-state index in [-0.39, 0.29) is 12.2 Å². The minimum absolute atomic E-state index is 0.0811. The van der Waals surface area contributed by atoms with Crippen molar-refractivity contribution < 1.29 is 28.6 Å². The van der Waals surface area contributed by atoms with E-state index in [2.05, 4.69) is 10.3 Å². The topological polar surface area (TPSA) is 97.8 Å². The number of rotatable bonds is 5. The van der Waals surface area contributed by atoms with E-state index in [1.165, 1.54) is 6.20 Å². The molecule has 2 rings (SSSR count). The highest BCUT2D eigenvalue weighted by Crippen LogP contribution is 2.13. The molecule has 21 heavy (non-hydrogen) atoms. The SMILES string of the molecule is O=C(O)CO[C@H]1CCOC[C@H]1NC(=O)c1cncc(F)c1. The zero-order valence-electron chi connectivity index (χ0n) is 11.1. The number of nitrogens with zero attached hydrogens (tertiary/aromatic N) is 1. The van der Waals surface area contributed by atoms with Gasteiger partial charge in [0.1, 0.15) is 12.4 Å². The molecular weight excluding hydrogens is 283 g/mol. The maximum Gasteiger partial charge on any atom is 0.329 e. The van der Waals surface area contributed by atoms with Crippen molar-refractivity contribution in [3.8, 4) is 0 Å². The van der Waals surface area contributed by atoms with Gasteiger partial charge in [0.05, 0.1) is 30.5 Å². The number of aliphatic carboxylic acids is 1. The molecule has 8 heteroatoms. The van der Waals surface area contributed by atoms with Crippen molar-refractivity contribution in [2.24, 2.45) is 0 Å². The van der Waals surface area contributed by atoms with Crippen LogP contribution < -0.4 is 5.32 Å². The Morgan fingerprint density at radius 3 is 3.05 bits per heavy atom. The Bertz CT molecular complexity index is 525. The second-order valence-electron chi connectivity index (χ2n) is 4.58. The van der Waals surface area contributed by atoms with Gasteiger partial charge in [0, 0.05) is 12.8 Å². The molecule has 0 aromatic carbocycles. The van der Waals surface area contributed by atoms with Crippen molar-refractivity contribution in [3.05, 3.63) is 29.8 Å². The normalized spacial score (nSPS) is 21.8. The van der Waals surface area contributed by atoms with Gasteiger partial charge >= 0.3 is 5.97 Å². The smallest absolute Gasteiger partial charge is 0.329 e. The third-order valence-electron chi connectivity index (χ3n) is 3.00. The minimum Gasteiger partial charge on any atom is -0.480 e. The molecule has 0 aliphatic carbocycles. The number of carbonyl (C=O) groups is 2. The second kappa shape index (κ2) is 7.09. The van der Waals surface area contributed by atoms with Gasteiger partial charge in [-0.1, -0.05) is 0 Å². The van der Waals surface area contributed by atoms with E-state index in [0.29, 0.717) is 13.0 Å². The number of aromatic nitrogens is 1. The summed E-state index contributed by atoms with van der Waals surface area (Å²) >= 11 is 0. The van der Waals surface area contributed by atoms with Crippen molar-refractivity contribution in [1.29, 1.82) is 0 Å². The molecule has 0 unspecified atom stereocenters. The summed E-state index contributed by atoms with van der Waals surface area (Å²) in [7, 11) is 0. The Labute approximate surface area is 120 Å². The summed E-state index contributed by atoms with van der Waals surface area (Å²) in [4.78, 5) is 26.1. The molecule has 1 fully saturated rings. The first-order chi connectivity index (χ1) is 10.1. The van der Waals surface area contributed by atoms with Gasteiger partial charge < -0.3 is 19.9 Å². The first-order valence-corrected chi connectivity index (χ1v) is 6.39. The number of hydrogen-bond acceptors (Lipinski definition) is 5. The van der Waals surface area contributed by atoms with E-state index < -0.39 is 36.4 Å². The van der Waals surface area contributed by atoms with Crippen LogP contribution >= 0.6 is 0 Å². The molecule has 0 saturated carbocycles. The van der Waals surface area contributed by atoms with E-state index in [4.69, 9.17) is 14.6 Å². The molecule has 2 atom stereocenters. The number of nitrogens with one attached hydrogen (secondary N) is 1. The maximum atomic E-state index is 13.0. The highest BCUT2D eigenvalue weighted by atomic mass is 19.1. The van der Waals surface area contributed by atoms with Gasteiger partial charge in [-0.2, -0.15) is 0 Å². The van der Waals surface area contributed by atoms with Crippen LogP contribution in [0.5, 0.6) is 0 Å². The average molecular weight is 298 g/mol. The first kappa shape index (κ1) is 15.3. The van der Waals surface area contributed by atoms with Gasteiger partial charge in [0.25, 0.3) is 5.91 Å². The quantitative estimate of drug-likeness (QED) is 0.806. The summed E-state index contributed by atoms with van der Waals surface area (Å²) in [6.07, 6.45) is 2.26. The van der Waals surface area contributed by atoms with Crippen molar-refractivity contribution in [1.82, 2.24) is 10.3 Å². The van der Waals surface area contributed by atoms with Crippen LogP contribution in [0.1, 0.15) is 16.8 Å². The molecule has 7 nitrogen and oxygen atoms in total. The predicted octanol–water partition coefficient (Wildman–Crippen LogP) is 0.209. The molecule has 1 amide bonds. The Morgan fingerprint density at radius 2 is 2.33 bits per heavy atom.